The van der Waals surface area contributed by atoms with E-state index >= 15 is 0 Å². The van der Waals surface area contributed by atoms with Crippen LogP contribution in [0.4, 0.5) is 0 Å². The predicted molar refractivity (Wildman–Crippen MR) is 128 cm³/mol. The lowest BCUT2D eigenvalue weighted by atomic mass is 9.35. The van der Waals surface area contributed by atoms with Crippen molar-refractivity contribution >= 4 is 0 Å². The Morgan fingerprint density at radius 1 is 0.710 bits per heavy atom. The summed E-state index contributed by atoms with van der Waals surface area (Å²) in [6.07, 6.45) is 11.0. The topological polar surface area (TPSA) is 18.5 Å². The SMILES string of the molecule is CC(C)=C1CC[C@]2(C)[C@H]3CC[C@@H]4[C@@H](C5(C)OCCO5)CC[C@@]4(C)[C@]3(C)CC[C@H]2C1(C)C. The van der Waals surface area contributed by atoms with E-state index in [9.17, 15) is 0 Å². The minimum absolute atomic E-state index is 0.335. The molecule has 0 radical (unpaired) electrons. The van der Waals surface area contributed by atoms with Crippen LogP contribution in [0.5, 0.6) is 0 Å². The van der Waals surface area contributed by atoms with Crippen LogP contribution in [-0.4, -0.2) is 19.0 Å². The van der Waals surface area contributed by atoms with Crippen LogP contribution in [0.3, 0.4) is 0 Å². The van der Waals surface area contributed by atoms with Gasteiger partial charge in [-0.15, -0.1) is 0 Å². The quantitative estimate of drug-likeness (QED) is 0.397. The first-order valence-corrected chi connectivity index (χ1v) is 13.3. The van der Waals surface area contributed by atoms with Crippen LogP contribution in [0, 0.1) is 45.3 Å². The minimum Gasteiger partial charge on any atom is -0.348 e. The Labute approximate surface area is 191 Å². The van der Waals surface area contributed by atoms with Gasteiger partial charge in [-0.25, -0.2) is 0 Å². The van der Waals surface area contributed by atoms with Gasteiger partial charge in [0.25, 0.3) is 0 Å². The molecule has 4 saturated carbocycles. The molecule has 0 spiro atoms. The Morgan fingerprint density at radius 3 is 2.00 bits per heavy atom. The summed E-state index contributed by atoms with van der Waals surface area (Å²) in [4.78, 5) is 0. The van der Waals surface area contributed by atoms with Crippen molar-refractivity contribution in [3.63, 3.8) is 0 Å². The van der Waals surface area contributed by atoms with Crippen molar-refractivity contribution in [3.05, 3.63) is 11.1 Å². The molecule has 1 heterocycles. The zero-order chi connectivity index (χ0) is 22.4. The van der Waals surface area contributed by atoms with Crippen molar-refractivity contribution in [2.45, 2.75) is 113 Å². The van der Waals surface area contributed by atoms with Crippen molar-refractivity contribution in [2.75, 3.05) is 13.2 Å². The van der Waals surface area contributed by atoms with Gasteiger partial charge in [-0.3, -0.25) is 0 Å². The van der Waals surface area contributed by atoms with Crippen LogP contribution in [0.1, 0.15) is 107 Å². The lowest BCUT2D eigenvalue weighted by molar-refractivity contribution is -0.227. The molecule has 0 amide bonds. The fourth-order valence-electron chi connectivity index (χ4n) is 10.8. The van der Waals surface area contributed by atoms with E-state index < -0.39 is 0 Å². The summed E-state index contributed by atoms with van der Waals surface area (Å²) in [5.41, 5.74) is 5.05. The third-order valence-corrected chi connectivity index (χ3v) is 12.4. The number of fused-ring (bicyclic) bond motifs is 5. The number of rotatable bonds is 1. The van der Waals surface area contributed by atoms with Crippen LogP contribution >= 0.6 is 0 Å². The Bertz CT molecular complexity index is 770. The van der Waals surface area contributed by atoms with Crippen LogP contribution in [0.15, 0.2) is 11.1 Å². The van der Waals surface area contributed by atoms with Crippen molar-refractivity contribution < 1.29 is 9.47 Å². The van der Waals surface area contributed by atoms with E-state index in [1.54, 1.807) is 11.1 Å². The number of hydrogen-bond acceptors (Lipinski definition) is 2. The van der Waals surface area contributed by atoms with Gasteiger partial charge >= 0.3 is 0 Å². The Hall–Kier alpha value is -0.340. The van der Waals surface area contributed by atoms with Gasteiger partial charge in [0.05, 0.1) is 13.2 Å². The third kappa shape index (κ3) is 2.76. The second kappa shape index (κ2) is 6.84. The molecule has 176 valence electrons. The third-order valence-electron chi connectivity index (χ3n) is 12.4. The van der Waals surface area contributed by atoms with Crippen molar-refractivity contribution in [1.29, 1.82) is 0 Å². The summed E-state index contributed by atoms with van der Waals surface area (Å²) in [6, 6.07) is 0. The van der Waals surface area contributed by atoms with E-state index in [1.807, 2.05) is 0 Å². The molecule has 1 saturated heterocycles. The van der Waals surface area contributed by atoms with E-state index in [4.69, 9.17) is 9.47 Å². The minimum atomic E-state index is -0.335. The summed E-state index contributed by atoms with van der Waals surface area (Å²) < 4.78 is 12.5. The second-order valence-corrected chi connectivity index (χ2v) is 13.7. The van der Waals surface area contributed by atoms with Gasteiger partial charge in [0, 0.05) is 5.92 Å². The standard InChI is InChI=1S/C29H48O2/c1-19(2)20-11-14-26(5)23(25(20,3)4)13-16-28(7)24(26)10-9-21-22(12-15-27(21,28)6)29(8)30-17-18-31-29/h21-24H,9-18H2,1-8H3/t21-,22+,23+,24-,26+,27-,28-/m1/s1. The maximum atomic E-state index is 6.23. The summed E-state index contributed by atoms with van der Waals surface area (Å²) in [7, 11) is 0. The van der Waals surface area contributed by atoms with Crippen molar-refractivity contribution in [3.8, 4) is 0 Å². The van der Waals surface area contributed by atoms with E-state index in [1.165, 1.54) is 51.4 Å². The van der Waals surface area contributed by atoms with Gasteiger partial charge in [-0.05, 0) is 112 Å². The zero-order valence-corrected chi connectivity index (χ0v) is 21.7. The Morgan fingerprint density at radius 2 is 1.35 bits per heavy atom. The molecule has 5 fully saturated rings. The largest absolute Gasteiger partial charge is 0.348 e. The van der Waals surface area contributed by atoms with Crippen LogP contribution in [-0.2, 0) is 9.47 Å². The first kappa shape index (κ1) is 22.5. The molecule has 2 heteroatoms. The monoisotopic (exact) mass is 428 g/mol. The molecular formula is C29H48O2. The molecule has 4 aliphatic carbocycles. The zero-order valence-electron chi connectivity index (χ0n) is 21.7. The molecule has 0 aromatic heterocycles. The molecule has 1 aliphatic heterocycles. The maximum absolute atomic E-state index is 6.23. The molecule has 0 N–H and O–H groups in total. The van der Waals surface area contributed by atoms with E-state index in [0.29, 0.717) is 27.6 Å². The number of ether oxygens (including phenoxy) is 2. The van der Waals surface area contributed by atoms with Gasteiger partial charge in [-0.2, -0.15) is 0 Å². The molecule has 5 rings (SSSR count). The summed E-state index contributed by atoms with van der Waals surface area (Å²) in [5.74, 6) is 2.67. The molecule has 0 aromatic carbocycles. The molecule has 0 bridgehead atoms. The van der Waals surface area contributed by atoms with Gasteiger partial charge in [-0.1, -0.05) is 45.8 Å². The molecule has 0 unspecified atom stereocenters. The molecule has 5 aliphatic rings. The smallest absolute Gasteiger partial charge is 0.168 e. The first-order valence-electron chi connectivity index (χ1n) is 13.3. The van der Waals surface area contributed by atoms with Crippen molar-refractivity contribution in [1.82, 2.24) is 0 Å². The van der Waals surface area contributed by atoms with Gasteiger partial charge in [0.2, 0.25) is 0 Å². The van der Waals surface area contributed by atoms with Crippen molar-refractivity contribution in [2.24, 2.45) is 45.3 Å². The first-order chi connectivity index (χ1) is 14.4. The molecule has 31 heavy (non-hydrogen) atoms. The lowest BCUT2D eigenvalue weighted by Crippen LogP contribution is -2.62. The highest BCUT2D eigenvalue weighted by Crippen LogP contribution is 2.76. The average Bonchev–Trinajstić information content (AvgIpc) is 3.26. The maximum Gasteiger partial charge on any atom is 0.168 e. The number of hydrogen-bond donors (Lipinski definition) is 0. The lowest BCUT2D eigenvalue weighted by Gasteiger charge is -2.69. The highest BCUT2D eigenvalue weighted by Gasteiger charge is 2.69. The summed E-state index contributed by atoms with van der Waals surface area (Å²) >= 11 is 0. The average molecular weight is 429 g/mol. The fourth-order valence-corrected chi connectivity index (χ4v) is 10.8. The highest BCUT2D eigenvalue weighted by molar-refractivity contribution is 5.27. The van der Waals surface area contributed by atoms with E-state index in [-0.39, 0.29) is 5.79 Å². The normalized spacial score (nSPS) is 50.5. The summed E-state index contributed by atoms with van der Waals surface area (Å²) in [5, 5.41) is 0. The van der Waals surface area contributed by atoms with E-state index in [0.717, 1.165) is 31.0 Å². The van der Waals surface area contributed by atoms with Crippen LogP contribution in [0.25, 0.3) is 0 Å². The van der Waals surface area contributed by atoms with Gasteiger partial charge in [0.1, 0.15) is 0 Å². The summed E-state index contributed by atoms with van der Waals surface area (Å²) in [6.45, 7) is 21.8. The Balaban J connectivity index is 1.50. The Kier molecular flexibility index (Phi) is 4.96. The molecule has 0 aromatic rings. The highest BCUT2D eigenvalue weighted by atomic mass is 16.7. The molecule has 7 atom stereocenters. The molecular weight excluding hydrogens is 380 g/mol. The fraction of sp³-hybridized carbons (Fsp3) is 0.931. The predicted octanol–water partition coefficient (Wildman–Crippen LogP) is 7.77. The second-order valence-electron chi connectivity index (χ2n) is 13.7. The van der Waals surface area contributed by atoms with Gasteiger partial charge < -0.3 is 9.47 Å². The number of allylic oxidation sites excluding steroid dienone is 2. The van der Waals surface area contributed by atoms with Gasteiger partial charge in [0.15, 0.2) is 5.79 Å². The van der Waals surface area contributed by atoms with Crippen LogP contribution < -0.4 is 0 Å². The molecule has 2 nitrogen and oxygen atoms in total. The van der Waals surface area contributed by atoms with E-state index in [2.05, 4.69) is 55.4 Å². The van der Waals surface area contributed by atoms with Crippen LogP contribution in [0.2, 0.25) is 0 Å².